The molecular weight excluding hydrogens is 264 g/mol. The maximum atomic E-state index is 11.9. The first-order chi connectivity index (χ1) is 10.1. The SMILES string of the molecule is CC.CC.CC1C(=O)NC(CO)Cc2ccccc2N1C. The number of carbonyl (C=O) groups excluding carboxylic acids is 1. The molecule has 2 N–H and O–H groups in total. The van der Waals surface area contributed by atoms with Crippen LogP contribution in [0.1, 0.15) is 40.2 Å². The van der Waals surface area contributed by atoms with Gasteiger partial charge in [-0.25, -0.2) is 0 Å². The highest BCUT2D eigenvalue weighted by molar-refractivity contribution is 5.85. The highest BCUT2D eigenvalue weighted by Gasteiger charge is 2.26. The summed E-state index contributed by atoms with van der Waals surface area (Å²) in [5.74, 6) is -0.0407. The molecule has 0 spiro atoms. The highest BCUT2D eigenvalue weighted by Crippen LogP contribution is 2.24. The Morgan fingerprint density at radius 2 is 1.81 bits per heavy atom. The molecule has 1 aliphatic heterocycles. The zero-order chi connectivity index (χ0) is 16.4. The predicted molar refractivity (Wildman–Crippen MR) is 89.7 cm³/mol. The van der Waals surface area contributed by atoms with Crippen LogP contribution in [0.25, 0.3) is 0 Å². The Bertz CT molecular complexity index is 421. The summed E-state index contributed by atoms with van der Waals surface area (Å²) >= 11 is 0. The number of hydrogen-bond acceptors (Lipinski definition) is 3. The van der Waals surface area contributed by atoms with Crippen LogP contribution in [0, 0.1) is 0 Å². The van der Waals surface area contributed by atoms with Crippen molar-refractivity contribution in [2.24, 2.45) is 0 Å². The van der Waals surface area contributed by atoms with Gasteiger partial charge in [0.2, 0.25) is 5.91 Å². The minimum Gasteiger partial charge on any atom is -0.394 e. The van der Waals surface area contributed by atoms with Gasteiger partial charge in [0.25, 0.3) is 0 Å². The molecule has 1 aromatic rings. The van der Waals surface area contributed by atoms with Gasteiger partial charge in [-0.15, -0.1) is 0 Å². The Hall–Kier alpha value is -1.55. The van der Waals surface area contributed by atoms with Crippen LogP contribution < -0.4 is 10.2 Å². The van der Waals surface area contributed by atoms with Gasteiger partial charge >= 0.3 is 0 Å². The molecule has 1 amide bonds. The summed E-state index contributed by atoms with van der Waals surface area (Å²) < 4.78 is 0. The van der Waals surface area contributed by atoms with Gasteiger partial charge in [0, 0.05) is 12.7 Å². The molecule has 0 aromatic heterocycles. The number of anilines is 1. The van der Waals surface area contributed by atoms with E-state index < -0.39 is 0 Å². The van der Waals surface area contributed by atoms with Crippen molar-refractivity contribution in [1.82, 2.24) is 5.32 Å². The normalized spacial score (nSPS) is 20.5. The summed E-state index contributed by atoms with van der Waals surface area (Å²) in [6, 6.07) is 7.58. The molecule has 4 heteroatoms. The van der Waals surface area contributed by atoms with Crippen LogP contribution in [0.3, 0.4) is 0 Å². The summed E-state index contributed by atoms with van der Waals surface area (Å²) in [5, 5.41) is 12.1. The van der Waals surface area contributed by atoms with Gasteiger partial charge in [0.05, 0.1) is 12.6 Å². The third-order valence-electron chi connectivity index (χ3n) is 3.37. The van der Waals surface area contributed by atoms with Crippen LogP contribution in [-0.2, 0) is 11.2 Å². The van der Waals surface area contributed by atoms with Crippen LogP contribution in [0.4, 0.5) is 5.69 Å². The van der Waals surface area contributed by atoms with Gasteiger partial charge in [0.1, 0.15) is 6.04 Å². The zero-order valence-corrected chi connectivity index (χ0v) is 14.2. The molecule has 0 saturated heterocycles. The van der Waals surface area contributed by atoms with Crippen LogP contribution in [0.5, 0.6) is 0 Å². The molecule has 2 unspecified atom stereocenters. The van der Waals surface area contributed by atoms with Gasteiger partial charge in [-0.1, -0.05) is 45.9 Å². The maximum absolute atomic E-state index is 11.9. The molecule has 0 fully saturated rings. The van der Waals surface area contributed by atoms with Crippen LogP contribution in [0.15, 0.2) is 24.3 Å². The molecule has 1 aliphatic rings. The van der Waals surface area contributed by atoms with E-state index in [1.807, 2.05) is 70.8 Å². The van der Waals surface area contributed by atoms with Gasteiger partial charge in [-0.3, -0.25) is 4.79 Å². The number of amides is 1. The number of benzene rings is 1. The van der Waals surface area contributed by atoms with Crippen molar-refractivity contribution < 1.29 is 9.90 Å². The molecule has 21 heavy (non-hydrogen) atoms. The number of hydrogen-bond donors (Lipinski definition) is 2. The van der Waals surface area contributed by atoms with Crippen molar-refractivity contribution in [3.8, 4) is 0 Å². The van der Waals surface area contributed by atoms with Crippen molar-refractivity contribution >= 4 is 11.6 Å². The first-order valence-electron chi connectivity index (χ1n) is 7.85. The Kier molecular flexibility index (Phi) is 9.46. The lowest BCUT2D eigenvalue weighted by Gasteiger charge is -2.33. The zero-order valence-electron chi connectivity index (χ0n) is 14.2. The lowest BCUT2D eigenvalue weighted by Crippen LogP contribution is -2.51. The first-order valence-corrected chi connectivity index (χ1v) is 7.85. The second-order valence-corrected chi connectivity index (χ2v) is 4.51. The smallest absolute Gasteiger partial charge is 0.242 e. The standard InChI is InChI=1S/C13H18N2O2.2C2H6/c1-9-13(17)14-11(8-16)7-10-5-3-4-6-12(10)15(9)2;2*1-2/h3-6,9,11,16H,7-8H2,1-2H3,(H,14,17);2*1-2H3. The van der Waals surface area contributed by atoms with Crippen LogP contribution in [-0.4, -0.2) is 36.8 Å². The van der Waals surface area contributed by atoms with E-state index in [9.17, 15) is 9.90 Å². The molecule has 2 atom stereocenters. The van der Waals surface area contributed by atoms with E-state index in [0.29, 0.717) is 6.42 Å². The Morgan fingerprint density at radius 1 is 1.24 bits per heavy atom. The largest absolute Gasteiger partial charge is 0.394 e. The Labute approximate surface area is 129 Å². The molecule has 0 radical (unpaired) electrons. The quantitative estimate of drug-likeness (QED) is 0.837. The second-order valence-electron chi connectivity index (χ2n) is 4.51. The lowest BCUT2D eigenvalue weighted by atomic mass is 10.0. The number of nitrogens with one attached hydrogen (secondary N) is 1. The van der Waals surface area contributed by atoms with Gasteiger partial charge in [0.15, 0.2) is 0 Å². The van der Waals surface area contributed by atoms with E-state index in [1.54, 1.807) is 0 Å². The molecule has 4 nitrogen and oxygen atoms in total. The number of fused-ring (bicyclic) bond motifs is 1. The fraction of sp³-hybridized carbons (Fsp3) is 0.588. The molecule has 0 saturated carbocycles. The Balaban J connectivity index is 0.000000921. The first kappa shape index (κ1) is 19.4. The van der Waals surface area contributed by atoms with Crippen molar-refractivity contribution in [2.45, 2.75) is 53.1 Å². The molecule has 2 rings (SSSR count). The average Bonchev–Trinajstić information content (AvgIpc) is 2.56. The molecule has 1 heterocycles. The van der Waals surface area contributed by atoms with Gasteiger partial charge in [-0.05, 0) is 25.0 Å². The molecular formula is C17H30N2O2. The number of nitrogens with zero attached hydrogens (tertiary/aromatic N) is 1. The average molecular weight is 294 g/mol. The number of rotatable bonds is 1. The minimum atomic E-state index is -0.231. The number of carbonyl (C=O) groups is 1. The van der Waals surface area contributed by atoms with Crippen molar-refractivity contribution in [2.75, 3.05) is 18.6 Å². The summed E-state index contributed by atoms with van der Waals surface area (Å²) in [7, 11) is 1.92. The fourth-order valence-corrected chi connectivity index (χ4v) is 2.16. The third kappa shape index (κ3) is 5.05. The highest BCUT2D eigenvalue weighted by atomic mass is 16.3. The van der Waals surface area contributed by atoms with Gasteiger partial charge < -0.3 is 15.3 Å². The van der Waals surface area contributed by atoms with Crippen molar-refractivity contribution in [3.05, 3.63) is 29.8 Å². The predicted octanol–water partition coefficient (Wildman–Crippen LogP) is 2.60. The molecule has 1 aromatic carbocycles. The second kappa shape index (κ2) is 10.2. The summed E-state index contributed by atoms with van der Waals surface area (Å²) in [6.07, 6.45) is 0.662. The molecule has 0 aliphatic carbocycles. The van der Waals surface area contributed by atoms with Crippen LogP contribution >= 0.6 is 0 Å². The fourth-order valence-electron chi connectivity index (χ4n) is 2.16. The van der Waals surface area contributed by atoms with E-state index in [1.165, 1.54) is 0 Å². The summed E-state index contributed by atoms with van der Waals surface area (Å²) in [6.45, 7) is 9.84. The van der Waals surface area contributed by atoms with E-state index in [2.05, 4.69) is 5.32 Å². The lowest BCUT2D eigenvalue weighted by molar-refractivity contribution is -0.123. The number of para-hydroxylation sites is 1. The van der Waals surface area contributed by atoms with E-state index >= 15 is 0 Å². The minimum absolute atomic E-state index is 0.0312. The van der Waals surface area contributed by atoms with Crippen molar-refractivity contribution in [1.29, 1.82) is 0 Å². The number of aliphatic hydroxyl groups is 1. The van der Waals surface area contributed by atoms with Crippen molar-refractivity contribution in [3.63, 3.8) is 0 Å². The molecule has 120 valence electrons. The number of aliphatic hydroxyl groups excluding tert-OH is 1. The molecule has 0 bridgehead atoms. The van der Waals surface area contributed by atoms with Crippen LogP contribution in [0.2, 0.25) is 0 Å². The number of likely N-dealkylation sites (N-methyl/N-ethyl adjacent to an activating group) is 1. The summed E-state index contributed by atoms with van der Waals surface area (Å²) in [4.78, 5) is 13.9. The van der Waals surface area contributed by atoms with Gasteiger partial charge in [-0.2, -0.15) is 0 Å². The maximum Gasteiger partial charge on any atom is 0.242 e. The van der Waals surface area contributed by atoms with E-state index in [-0.39, 0.29) is 24.6 Å². The Morgan fingerprint density at radius 3 is 2.38 bits per heavy atom. The monoisotopic (exact) mass is 294 g/mol. The summed E-state index contributed by atoms with van der Waals surface area (Å²) in [5.41, 5.74) is 2.22. The topological polar surface area (TPSA) is 52.6 Å². The van der Waals surface area contributed by atoms with E-state index in [4.69, 9.17) is 0 Å². The van der Waals surface area contributed by atoms with E-state index in [0.717, 1.165) is 11.3 Å². The third-order valence-corrected chi connectivity index (χ3v) is 3.37.